The van der Waals surface area contributed by atoms with Crippen LogP contribution in [-0.4, -0.2) is 36.1 Å². The van der Waals surface area contributed by atoms with E-state index in [9.17, 15) is 14.7 Å². The molecule has 27 heavy (non-hydrogen) atoms. The zero-order valence-corrected chi connectivity index (χ0v) is 15.8. The molecule has 0 aromatic heterocycles. The van der Waals surface area contributed by atoms with Gasteiger partial charge in [0.1, 0.15) is 0 Å². The van der Waals surface area contributed by atoms with E-state index < -0.39 is 6.10 Å². The van der Waals surface area contributed by atoms with Crippen molar-refractivity contribution in [2.75, 3.05) is 18.0 Å². The van der Waals surface area contributed by atoms with Gasteiger partial charge < -0.3 is 15.3 Å². The molecule has 2 atom stereocenters. The fraction of sp³-hybridized carbons (Fsp3) is 0.364. The Labute approximate surface area is 160 Å². The lowest BCUT2D eigenvalue weighted by molar-refractivity contribution is -0.126. The molecule has 0 saturated carbocycles. The maximum absolute atomic E-state index is 12.4. The zero-order chi connectivity index (χ0) is 19.4. The van der Waals surface area contributed by atoms with Crippen LogP contribution in [0, 0.1) is 19.8 Å². The molecular weight excluding hydrogens is 340 g/mol. The Morgan fingerprint density at radius 2 is 1.93 bits per heavy atom. The van der Waals surface area contributed by atoms with Crippen LogP contribution >= 0.6 is 0 Å². The lowest BCUT2D eigenvalue weighted by Crippen LogP contribution is -2.38. The van der Waals surface area contributed by atoms with Gasteiger partial charge in [-0.15, -0.1) is 0 Å². The van der Waals surface area contributed by atoms with Crippen molar-refractivity contribution in [3.8, 4) is 0 Å². The Morgan fingerprint density at radius 3 is 2.63 bits per heavy atom. The number of hydrogen-bond acceptors (Lipinski definition) is 3. The van der Waals surface area contributed by atoms with E-state index in [1.54, 1.807) is 4.90 Å². The molecule has 1 aliphatic heterocycles. The molecule has 0 unspecified atom stereocenters. The molecule has 1 aliphatic rings. The number of amides is 2. The lowest BCUT2D eigenvalue weighted by Gasteiger charge is -2.18. The predicted octanol–water partition coefficient (Wildman–Crippen LogP) is 2.38. The average Bonchev–Trinajstić information content (AvgIpc) is 3.05. The van der Waals surface area contributed by atoms with Gasteiger partial charge in [0.15, 0.2) is 0 Å². The Hall–Kier alpha value is -2.66. The fourth-order valence-corrected chi connectivity index (χ4v) is 3.35. The van der Waals surface area contributed by atoms with Crippen LogP contribution < -0.4 is 10.2 Å². The monoisotopic (exact) mass is 366 g/mol. The first-order valence-electron chi connectivity index (χ1n) is 9.31. The maximum atomic E-state index is 12.4. The summed E-state index contributed by atoms with van der Waals surface area (Å²) in [6, 6.07) is 15.6. The van der Waals surface area contributed by atoms with Crippen LogP contribution in [0.4, 0.5) is 5.69 Å². The van der Waals surface area contributed by atoms with E-state index >= 15 is 0 Å². The van der Waals surface area contributed by atoms with Crippen LogP contribution in [0.15, 0.2) is 48.5 Å². The number of aliphatic hydroxyl groups excluding tert-OH is 1. The molecule has 2 aromatic carbocycles. The summed E-state index contributed by atoms with van der Waals surface area (Å²) in [6.45, 7) is 4.60. The molecular formula is C22H26N2O3. The van der Waals surface area contributed by atoms with Crippen LogP contribution in [0.5, 0.6) is 0 Å². The maximum Gasteiger partial charge on any atom is 0.227 e. The zero-order valence-electron chi connectivity index (χ0n) is 15.8. The first-order chi connectivity index (χ1) is 12.9. The predicted molar refractivity (Wildman–Crippen MR) is 106 cm³/mol. The third-order valence-corrected chi connectivity index (χ3v) is 5.12. The van der Waals surface area contributed by atoms with Crippen molar-refractivity contribution in [3.05, 3.63) is 65.2 Å². The van der Waals surface area contributed by atoms with Crippen molar-refractivity contribution >= 4 is 17.5 Å². The summed E-state index contributed by atoms with van der Waals surface area (Å²) in [7, 11) is 0. The largest absolute Gasteiger partial charge is 0.391 e. The number of anilines is 1. The van der Waals surface area contributed by atoms with Gasteiger partial charge in [0.05, 0.1) is 12.0 Å². The van der Waals surface area contributed by atoms with Gasteiger partial charge in [-0.3, -0.25) is 9.59 Å². The summed E-state index contributed by atoms with van der Waals surface area (Å²) in [5.74, 6) is -0.604. The number of nitrogens with one attached hydrogen (secondary N) is 1. The van der Waals surface area contributed by atoms with Crippen molar-refractivity contribution < 1.29 is 14.7 Å². The molecule has 5 nitrogen and oxygen atoms in total. The van der Waals surface area contributed by atoms with E-state index in [0.717, 1.165) is 16.8 Å². The number of carbonyl (C=O) groups excluding carboxylic acids is 2. The summed E-state index contributed by atoms with van der Waals surface area (Å²) in [5.41, 5.74) is 4.16. The summed E-state index contributed by atoms with van der Waals surface area (Å²) < 4.78 is 0. The molecule has 2 N–H and O–H groups in total. The van der Waals surface area contributed by atoms with Crippen molar-refractivity contribution in [3.63, 3.8) is 0 Å². The fourth-order valence-electron chi connectivity index (χ4n) is 3.35. The molecule has 1 heterocycles. The second-order valence-corrected chi connectivity index (χ2v) is 7.26. The number of aryl methyl sites for hydroxylation is 2. The van der Waals surface area contributed by atoms with Crippen molar-refractivity contribution in [2.45, 2.75) is 32.8 Å². The number of carbonyl (C=O) groups is 2. The van der Waals surface area contributed by atoms with Gasteiger partial charge in [-0.25, -0.2) is 0 Å². The van der Waals surface area contributed by atoms with Crippen LogP contribution in [0.3, 0.4) is 0 Å². The highest BCUT2D eigenvalue weighted by Gasteiger charge is 2.35. The Morgan fingerprint density at radius 1 is 1.19 bits per heavy atom. The molecule has 5 heteroatoms. The SMILES string of the molecule is Cc1ccc(N2C[C@H](C(=O)NC[C@H](O)Cc3ccccc3)CC2=O)cc1C. The first kappa shape index (κ1) is 19.1. The van der Waals surface area contributed by atoms with Gasteiger partial charge in [-0.2, -0.15) is 0 Å². The molecule has 0 radical (unpaired) electrons. The number of hydrogen-bond donors (Lipinski definition) is 2. The van der Waals surface area contributed by atoms with E-state index in [1.807, 2.05) is 62.4 Å². The number of aliphatic hydroxyl groups is 1. The van der Waals surface area contributed by atoms with Gasteiger partial charge in [0.2, 0.25) is 11.8 Å². The van der Waals surface area contributed by atoms with E-state index in [0.29, 0.717) is 13.0 Å². The summed E-state index contributed by atoms with van der Waals surface area (Å²) in [6.07, 6.45) is 0.0387. The quantitative estimate of drug-likeness (QED) is 0.825. The van der Waals surface area contributed by atoms with E-state index in [4.69, 9.17) is 0 Å². The summed E-state index contributed by atoms with van der Waals surface area (Å²) in [5, 5.41) is 12.9. The molecule has 1 fully saturated rings. The first-order valence-corrected chi connectivity index (χ1v) is 9.31. The molecule has 2 aromatic rings. The molecule has 0 bridgehead atoms. The minimum Gasteiger partial charge on any atom is -0.391 e. The molecule has 1 saturated heterocycles. The van der Waals surface area contributed by atoms with Crippen molar-refractivity contribution in [1.29, 1.82) is 0 Å². The smallest absolute Gasteiger partial charge is 0.227 e. The van der Waals surface area contributed by atoms with E-state index in [1.165, 1.54) is 5.56 Å². The minimum atomic E-state index is -0.649. The molecule has 2 amide bonds. The van der Waals surface area contributed by atoms with Gasteiger partial charge in [-0.05, 0) is 42.7 Å². The molecule has 0 aliphatic carbocycles. The second-order valence-electron chi connectivity index (χ2n) is 7.26. The van der Waals surface area contributed by atoms with E-state index in [2.05, 4.69) is 5.32 Å². The third kappa shape index (κ3) is 4.74. The summed E-state index contributed by atoms with van der Waals surface area (Å²) >= 11 is 0. The van der Waals surface area contributed by atoms with Crippen LogP contribution in [0.25, 0.3) is 0 Å². The van der Waals surface area contributed by atoms with Gasteiger partial charge in [0, 0.05) is 31.6 Å². The Bertz CT molecular complexity index is 820. The van der Waals surface area contributed by atoms with Crippen LogP contribution in [0.2, 0.25) is 0 Å². The number of nitrogens with zero attached hydrogens (tertiary/aromatic N) is 1. The molecule has 0 spiro atoms. The van der Waals surface area contributed by atoms with Gasteiger partial charge in [-0.1, -0.05) is 36.4 Å². The van der Waals surface area contributed by atoms with Gasteiger partial charge in [0.25, 0.3) is 0 Å². The Kier molecular flexibility index (Phi) is 5.91. The van der Waals surface area contributed by atoms with E-state index in [-0.39, 0.29) is 30.7 Å². The molecule has 3 rings (SSSR count). The number of rotatable bonds is 6. The third-order valence-electron chi connectivity index (χ3n) is 5.12. The topological polar surface area (TPSA) is 69.6 Å². The normalized spacial score (nSPS) is 17.8. The minimum absolute atomic E-state index is 0.0387. The number of benzene rings is 2. The van der Waals surface area contributed by atoms with Crippen LogP contribution in [0.1, 0.15) is 23.1 Å². The highest BCUT2D eigenvalue weighted by atomic mass is 16.3. The highest BCUT2D eigenvalue weighted by molar-refractivity contribution is 6.00. The van der Waals surface area contributed by atoms with Crippen molar-refractivity contribution in [1.82, 2.24) is 5.32 Å². The highest BCUT2D eigenvalue weighted by Crippen LogP contribution is 2.26. The van der Waals surface area contributed by atoms with Gasteiger partial charge >= 0.3 is 0 Å². The lowest BCUT2D eigenvalue weighted by atomic mass is 10.1. The standard InChI is InChI=1S/C22H26N2O3/c1-15-8-9-19(10-16(15)2)24-14-18(12-21(24)26)22(27)23-13-20(25)11-17-6-4-3-5-7-17/h3-10,18,20,25H,11-14H2,1-2H3,(H,23,27)/t18-,20-/m1/s1. The van der Waals surface area contributed by atoms with Crippen molar-refractivity contribution in [2.24, 2.45) is 5.92 Å². The second kappa shape index (κ2) is 8.35. The Balaban J connectivity index is 1.53. The van der Waals surface area contributed by atoms with Crippen LogP contribution in [-0.2, 0) is 16.0 Å². The summed E-state index contributed by atoms with van der Waals surface area (Å²) in [4.78, 5) is 26.5. The molecule has 142 valence electrons. The average molecular weight is 366 g/mol.